The number of rotatable bonds is 3. The Balaban J connectivity index is 1.66. The SMILES string of the molecule is Cc1cnn(-c2ccc(C(=O)N3CCC(C(C)N)CC3)cc2)c1. The molecule has 1 aliphatic heterocycles. The standard InChI is InChI=1S/C18H24N4O/c1-13-11-20-22(12-13)17-5-3-16(4-6-17)18(23)21-9-7-15(8-10-21)14(2)19/h3-6,11-12,14-15H,7-10,19H2,1-2H3. The highest BCUT2D eigenvalue weighted by Gasteiger charge is 2.25. The maximum Gasteiger partial charge on any atom is 0.253 e. The van der Waals surface area contributed by atoms with Crippen LogP contribution in [-0.2, 0) is 0 Å². The first-order chi connectivity index (χ1) is 11.0. The van der Waals surface area contributed by atoms with E-state index in [1.807, 2.05) is 53.2 Å². The summed E-state index contributed by atoms with van der Waals surface area (Å²) in [6, 6.07) is 7.85. The van der Waals surface area contributed by atoms with Gasteiger partial charge in [0.25, 0.3) is 5.91 Å². The van der Waals surface area contributed by atoms with Gasteiger partial charge in [-0.25, -0.2) is 4.68 Å². The largest absolute Gasteiger partial charge is 0.339 e. The zero-order valence-corrected chi connectivity index (χ0v) is 13.8. The molecule has 0 bridgehead atoms. The fourth-order valence-electron chi connectivity index (χ4n) is 3.12. The summed E-state index contributed by atoms with van der Waals surface area (Å²) in [5.41, 5.74) is 8.77. The molecule has 0 aliphatic carbocycles. The summed E-state index contributed by atoms with van der Waals surface area (Å²) in [5, 5.41) is 4.28. The lowest BCUT2D eigenvalue weighted by Crippen LogP contribution is -2.42. The summed E-state index contributed by atoms with van der Waals surface area (Å²) in [5.74, 6) is 0.640. The number of nitrogens with zero attached hydrogens (tertiary/aromatic N) is 3. The van der Waals surface area contributed by atoms with Gasteiger partial charge < -0.3 is 10.6 Å². The molecule has 0 saturated carbocycles. The summed E-state index contributed by atoms with van der Waals surface area (Å²) in [4.78, 5) is 14.5. The van der Waals surface area contributed by atoms with Gasteiger partial charge in [-0.05, 0) is 62.4 Å². The predicted molar refractivity (Wildman–Crippen MR) is 90.6 cm³/mol. The van der Waals surface area contributed by atoms with Crippen molar-refractivity contribution >= 4 is 5.91 Å². The van der Waals surface area contributed by atoms with Gasteiger partial charge >= 0.3 is 0 Å². The Kier molecular flexibility index (Phi) is 4.48. The van der Waals surface area contributed by atoms with E-state index in [9.17, 15) is 4.79 Å². The number of carbonyl (C=O) groups is 1. The number of aryl methyl sites for hydroxylation is 1. The Bertz CT molecular complexity index is 667. The summed E-state index contributed by atoms with van der Waals surface area (Å²) in [7, 11) is 0. The average Bonchev–Trinajstić information content (AvgIpc) is 3.01. The van der Waals surface area contributed by atoms with Gasteiger partial charge in [0.05, 0.1) is 11.9 Å². The number of hydrogen-bond acceptors (Lipinski definition) is 3. The summed E-state index contributed by atoms with van der Waals surface area (Å²) < 4.78 is 1.82. The van der Waals surface area contributed by atoms with Crippen LogP contribution in [0.15, 0.2) is 36.7 Å². The van der Waals surface area contributed by atoms with Crippen LogP contribution in [0.1, 0.15) is 35.7 Å². The number of benzene rings is 1. The van der Waals surface area contributed by atoms with Crippen LogP contribution in [0.5, 0.6) is 0 Å². The van der Waals surface area contributed by atoms with E-state index in [2.05, 4.69) is 12.0 Å². The summed E-state index contributed by atoms with van der Waals surface area (Å²) in [6.45, 7) is 5.65. The molecule has 23 heavy (non-hydrogen) atoms. The van der Waals surface area contributed by atoms with Crippen molar-refractivity contribution in [1.29, 1.82) is 0 Å². The lowest BCUT2D eigenvalue weighted by Gasteiger charge is -2.33. The Morgan fingerprint density at radius 2 is 1.91 bits per heavy atom. The highest BCUT2D eigenvalue weighted by Crippen LogP contribution is 2.21. The van der Waals surface area contributed by atoms with Crippen LogP contribution in [0.3, 0.4) is 0 Å². The minimum absolute atomic E-state index is 0.108. The van der Waals surface area contributed by atoms with Gasteiger partial charge in [-0.1, -0.05) is 0 Å². The van der Waals surface area contributed by atoms with Gasteiger partial charge in [-0.3, -0.25) is 4.79 Å². The summed E-state index contributed by atoms with van der Waals surface area (Å²) in [6.07, 6.45) is 5.78. The van der Waals surface area contributed by atoms with Crippen molar-refractivity contribution in [2.45, 2.75) is 32.7 Å². The molecule has 5 nitrogen and oxygen atoms in total. The Hall–Kier alpha value is -2.14. The lowest BCUT2D eigenvalue weighted by atomic mass is 9.90. The van der Waals surface area contributed by atoms with Gasteiger partial charge in [0.15, 0.2) is 0 Å². The fraction of sp³-hybridized carbons (Fsp3) is 0.444. The molecule has 1 saturated heterocycles. The molecule has 1 aliphatic rings. The Morgan fingerprint density at radius 3 is 2.43 bits per heavy atom. The number of likely N-dealkylation sites (tertiary alicyclic amines) is 1. The third kappa shape index (κ3) is 3.45. The van der Waals surface area contributed by atoms with Crippen molar-refractivity contribution in [1.82, 2.24) is 14.7 Å². The first kappa shape index (κ1) is 15.7. The number of carbonyl (C=O) groups excluding carboxylic acids is 1. The molecule has 0 radical (unpaired) electrons. The van der Waals surface area contributed by atoms with Crippen molar-refractivity contribution in [2.75, 3.05) is 13.1 Å². The molecule has 1 aromatic heterocycles. The molecule has 1 amide bonds. The molecule has 0 spiro atoms. The Morgan fingerprint density at radius 1 is 1.26 bits per heavy atom. The van der Waals surface area contributed by atoms with E-state index in [1.54, 1.807) is 0 Å². The predicted octanol–water partition coefficient (Wildman–Crippen LogP) is 2.38. The van der Waals surface area contributed by atoms with Crippen LogP contribution in [0.25, 0.3) is 5.69 Å². The zero-order valence-electron chi connectivity index (χ0n) is 13.8. The number of piperidine rings is 1. The smallest absolute Gasteiger partial charge is 0.253 e. The number of aromatic nitrogens is 2. The van der Waals surface area contributed by atoms with Gasteiger partial charge in [-0.2, -0.15) is 5.10 Å². The maximum absolute atomic E-state index is 12.6. The number of nitrogens with two attached hydrogens (primary N) is 1. The van der Waals surface area contributed by atoms with E-state index in [4.69, 9.17) is 5.73 Å². The van der Waals surface area contributed by atoms with Gasteiger partial charge in [0, 0.05) is 30.9 Å². The van der Waals surface area contributed by atoms with E-state index in [0.717, 1.165) is 42.7 Å². The first-order valence-corrected chi connectivity index (χ1v) is 8.21. The van der Waals surface area contributed by atoms with Crippen molar-refractivity contribution in [3.63, 3.8) is 0 Å². The van der Waals surface area contributed by atoms with Crippen molar-refractivity contribution in [3.8, 4) is 5.69 Å². The van der Waals surface area contributed by atoms with Gasteiger partial charge in [0.2, 0.25) is 0 Å². The zero-order chi connectivity index (χ0) is 16.4. The third-order valence-electron chi connectivity index (χ3n) is 4.66. The van der Waals surface area contributed by atoms with Crippen LogP contribution in [0.4, 0.5) is 0 Å². The van der Waals surface area contributed by atoms with E-state index in [0.29, 0.717) is 5.92 Å². The highest BCUT2D eigenvalue weighted by atomic mass is 16.2. The first-order valence-electron chi connectivity index (χ1n) is 8.21. The van der Waals surface area contributed by atoms with Crippen LogP contribution >= 0.6 is 0 Å². The Labute approximate surface area is 137 Å². The maximum atomic E-state index is 12.6. The van der Waals surface area contributed by atoms with Crippen LogP contribution in [-0.4, -0.2) is 39.7 Å². The molecular formula is C18H24N4O. The molecule has 122 valence electrons. The second-order valence-corrected chi connectivity index (χ2v) is 6.50. The molecule has 1 unspecified atom stereocenters. The minimum Gasteiger partial charge on any atom is -0.339 e. The highest BCUT2D eigenvalue weighted by molar-refractivity contribution is 5.94. The number of amides is 1. The normalized spacial score (nSPS) is 17.3. The van der Waals surface area contributed by atoms with E-state index in [-0.39, 0.29) is 11.9 Å². The lowest BCUT2D eigenvalue weighted by molar-refractivity contribution is 0.0681. The third-order valence-corrected chi connectivity index (χ3v) is 4.66. The molecular weight excluding hydrogens is 288 g/mol. The van der Waals surface area contributed by atoms with Crippen molar-refractivity contribution in [2.24, 2.45) is 11.7 Å². The average molecular weight is 312 g/mol. The van der Waals surface area contributed by atoms with Crippen molar-refractivity contribution < 1.29 is 4.79 Å². The van der Waals surface area contributed by atoms with Crippen LogP contribution < -0.4 is 5.73 Å². The van der Waals surface area contributed by atoms with E-state index >= 15 is 0 Å². The molecule has 1 fully saturated rings. The summed E-state index contributed by atoms with van der Waals surface area (Å²) >= 11 is 0. The molecule has 5 heteroatoms. The molecule has 2 heterocycles. The minimum atomic E-state index is 0.108. The monoisotopic (exact) mass is 312 g/mol. The van der Waals surface area contributed by atoms with Crippen molar-refractivity contribution in [3.05, 3.63) is 47.8 Å². The molecule has 2 aromatic rings. The van der Waals surface area contributed by atoms with Crippen LogP contribution in [0, 0.1) is 12.8 Å². The second kappa shape index (κ2) is 6.54. The van der Waals surface area contributed by atoms with Gasteiger partial charge in [0.1, 0.15) is 0 Å². The second-order valence-electron chi connectivity index (χ2n) is 6.50. The van der Waals surface area contributed by atoms with Crippen LogP contribution in [0.2, 0.25) is 0 Å². The van der Waals surface area contributed by atoms with Gasteiger partial charge in [-0.15, -0.1) is 0 Å². The molecule has 3 rings (SSSR count). The quantitative estimate of drug-likeness (QED) is 0.946. The molecule has 1 atom stereocenters. The topological polar surface area (TPSA) is 64.2 Å². The van der Waals surface area contributed by atoms with E-state index in [1.165, 1.54) is 0 Å². The van der Waals surface area contributed by atoms with E-state index < -0.39 is 0 Å². The molecule has 2 N–H and O–H groups in total. The molecule has 1 aromatic carbocycles. The fourth-order valence-corrected chi connectivity index (χ4v) is 3.12. The number of hydrogen-bond donors (Lipinski definition) is 1.